The summed E-state index contributed by atoms with van der Waals surface area (Å²) in [5.74, 6) is 1.92. The molecule has 0 atom stereocenters. The first-order valence-electron chi connectivity index (χ1n) is 5.83. The van der Waals surface area contributed by atoms with Crippen LogP contribution in [0.4, 0.5) is 0 Å². The maximum absolute atomic E-state index is 5.86. The molecule has 0 N–H and O–H groups in total. The lowest BCUT2D eigenvalue weighted by molar-refractivity contribution is 0.00578. The summed E-state index contributed by atoms with van der Waals surface area (Å²) in [5.41, 5.74) is 0.482. The smallest absolute Gasteiger partial charge is 0.400 e. The minimum atomic E-state index is -0.291. The molecule has 1 aliphatic rings. The minimum absolute atomic E-state index is 0.281. The minimum Gasteiger partial charge on any atom is -0.400 e. The molecule has 2 rings (SSSR count). The van der Waals surface area contributed by atoms with E-state index >= 15 is 0 Å². The van der Waals surface area contributed by atoms with Crippen molar-refractivity contribution in [3.63, 3.8) is 0 Å². The van der Waals surface area contributed by atoms with Gasteiger partial charge in [0, 0.05) is 18.8 Å². The number of aromatic nitrogens is 2. The number of nitrogens with zero attached hydrogens (tertiary/aromatic N) is 2. The van der Waals surface area contributed by atoms with Crippen molar-refractivity contribution >= 4 is 13.2 Å². The van der Waals surface area contributed by atoms with Crippen molar-refractivity contribution in [3.8, 4) is 0 Å². The Kier molecular flexibility index (Phi) is 2.91. The molecular weight excluding hydrogens is 215 g/mol. The molecule has 1 aromatic rings. The molecule has 1 aliphatic heterocycles. The van der Waals surface area contributed by atoms with Gasteiger partial charge < -0.3 is 9.31 Å². The summed E-state index contributed by atoms with van der Waals surface area (Å²) in [5, 5.41) is 4.10. The Morgan fingerprint density at radius 3 is 2.29 bits per heavy atom. The quantitative estimate of drug-likeness (QED) is 0.735. The third-order valence-corrected chi connectivity index (χ3v) is 3.44. The van der Waals surface area contributed by atoms with Gasteiger partial charge >= 0.3 is 7.12 Å². The van der Waals surface area contributed by atoms with Gasteiger partial charge in [0.2, 0.25) is 0 Å². The van der Waals surface area contributed by atoms with Crippen LogP contribution in [0.5, 0.6) is 0 Å². The summed E-state index contributed by atoms with van der Waals surface area (Å²) < 4.78 is 13.5. The average Bonchev–Trinajstić information content (AvgIpc) is 2.67. The molecule has 4 nitrogen and oxygen atoms in total. The van der Waals surface area contributed by atoms with Crippen molar-refractivity contribution in [2.24, 2.45) is 7.05 Å². The lowest BCUT2D eigenvalue weighted by atomic mass is 9.89. The number of rotatable bonds is 2. The molecule has 92 valence electrons. The maximum Gasteiger partial charge on any atom is 0.487 e. The van der Waals surface area contributed by atoms with E-state index in [9.17, 15) is 0 Å². The molecule has 0 radical (unpaired) electrons. The van der Waals surface area contributed by atoms with Crippen LogP contribution in [-0.2, 0) is 16.4 Å². The molecule has 0 saturated carbocycles. The van der Waals surface area contributed by atoms with Gasteiger partial charge in [0.25, 0.3) is 0 Å². The second-order valence-corrected chi connectivity index (χ2v) is 5.43. The van der Waals surface area contributed by atoms with Crippen LogP contribution in [0.2, 0.25) is 0 Å². The summed E-state index contributed by atoms with van der Waals surface area (Å²) in [4.78, 5) is 0. The summed E-state index contributed by atoms with van der Waals surface area (Å²) >= 11 is 0. The zero-order chi connectivity index (χ0) is 12.7. The zero-order valence-corrected chi connectivity index (χ0v) is 11.1. The zero-order valence-electron chi connectivity index (χ0n) is 11.1. The monoisotopic (exact) mass is 234 g/mol. The molecule has 2 heterocycles. The molecule has 0 spiro atoms. The summed E-state index contributed by atoms with van der Waals surface area (Å²) in [6.45, 7) is 8.19. The SMILES string of the molecule is Cn1cc(/C=C/B2OC(C)(C)C(C)(C)O2)cn1. The first-order valence-corrected chi connectivity index (χ1v) is 5.83. The highest BCUT2D eigenvalue weighted by Crippen LogP contribution is 2.36. The summed E-state index contributed by atoms with van der Waals surface area (Å²) in [6.07, 6.45) is 5.72. The Bertz CT molecular complexity index is 421. The third-order valence-electron chi connectivity index (χ3n) is 3.44. The number of hydrogen-bond donors (Lipinski definition) is 0. The van der Waals surface area contributed by atoms with Crippen LogP contribution in [0.25, 0.3) is 6.08 Å². The lowest BCUT2D eigenvalue weighted by Crippen LogP contribution is -2.41. The summed E-state index contributed by atoms with van der Waals surface area (Å²) in [6, 6.07) is 0. The second-order valence-electron chi connectivity index (χ2n) is 5.43. The van der Waals surface area contributed by atoms with Gasteiger partial charge in [0.05, 0.1) is 17.4 Å². The predicted molar refractivity (Wildman–Crippen MR) is 68.3 cm³/mol. The largest absolute Gasteiger partial charge is 0.487 e. The Morgan fingerprint density at radius 1 is 1.24 bits per heavy atom. The first-order chi connectivity index (χ1) is 7.80. The van der Waals surface area contributed by atoms with E-state index in [2.05, 4.69) is 5.10 Å². The van der Waals surface area contributed by atoms with E-state index in [1.54, 1.807) is 4.68 Å². The Morgan fingerprint density at radius 2 is 1.82 bits per heavy atom. The fourth-order valence-electron chi connectivity index (χ4n) is 1.68. The molecule has 0 aromatic carbocycles. The van der Waals surface area contributed by atoms with Crippen LogP contribution in [-0.4, -0.2) is 28.1 Å². The van der Waals surface area contributed by atoms with Gasteiger partial charge in [-0.1, -0.05) is 12.1 Å². The molecule has 1 aromatic heterocycles. The summed E-state index contributed by atoms with van der Waals surface area (Å²) in [7, 11) is 1.60. The number of hydrogen-bond acceptors (Lipinski definition) is 3. The van der Waals surface area contributed by atoms with Gasteiger partial charge in [-0.25, -0.2) is 0 Å². The predicted octanol–water partition coefficient (Wildman–Crippen LogP) is 2.06. The fourth-order valence-corrected chi connectivity index (χ4v) is 1.68. The van der Waals surface area contributed by atoms with Gasteiger partial charge in [-0.3, -0.25) is 4.68 Å². The van der Waals surface area contributed by atoms with Gasteiger partial charge in [0.1, 0.15) is 0 Å². The molecule has 5 heteroatoms. The molecule has 1 saturated heterocycles. The lowest BCUT2D eigenvalue weighted by Gasteiger charge is -2.32. The van der Waals surface area contributed by atoms with Gasteiger partial charge in [-0.15, -0.1) is 0 Å². The van der Waals surface area contributed by atoms with Crippen LogP contribution < -0.4 is 0 Å². The molecule has 0 unspecified atom stereocenters. The van der Waals surface area contributed by atoms with Crippen molar-refractivity contribution in [2.45, 2.75) is 38.9 Å². The second kappa shape index (κ2) is 4.00. The number of aryl methyl sites for hydroxylation is 1. The van der Waals surface area contributed by atoms with Crippen LogP contribution in [0, 0.1) is 0 Å². The van der Waals surface area contributed by atoms with E-state index in [1.807, 2.05) is 59.2 Å². The Labute approximate surface area is 103 Å². The van der Waals surface area contributed by atoms with Crippen molar-refractivity contribution < 1.29 is 9.31 Å². The normalized spacial score (nSPS) is 22.5. The van der Waals surface area contributed by atoms with E-state index in [0.717, 1.165) is 5.56 Å². The highest BCUT2D eigenvalue weighted by molar-refractivity contribution is 6.52. The third kappa shape index (κ3) is 2.45. The van der Waals surface area contributed by atoms with Crippen molar-refractivity contribution in [3.05, 3.63) is 23.9 Å². The molecule has 1 fully saturated rings. The van der Waals surface area contributed by atoms with Crippen LogP contribution in [0.3, 0.4) is 0 Å². The molecule has 17 heavy (non-hydrogen) atoms. The first kappa shape index (κ1) is 12.4. The maximum atomic E-state index is 5.86. The fraction of sp³-hybridized carbons (Fsp3) is 0.583. The van der Waals surface area contributed by atoms with Gasteiger partial charge in [-0.05, 0) is 27.7 Å². The average molecular weight is 234 g/mol. The van der Waals surface area contributed by atoms with Gasteiger partial charge in [-0.2, -0.15) is 5.10 Å². The Hall–Kier alpha value is -1.07. The molecule has 0 aliphatic carbocycles. The Balaban J connectivity index is 2.05. The topological polar surface area (TPSA) is 36.3 Å². The molecule has 0 amide bonds. The van der Waals surface area contributed by atoms with E-state index in [4.69, 9.17) is 9.31 Å². The van der Waals surface area contributed by atoms with E-state index in [0.29, 0.717) is 0 Å². The van der Waals surface area contributed by atoms with Crippen molar-refractivity contribution in [1.29, 1.82) is 0 Å². The molecule has 0 bridgehead atoms. The van der Waals surface area contributed by atoms with Gasteiger partial charge in [0.15, 0.2) is 0 Å². The van der Waals surface area contributed by atoms with Crippen molar-refractivity contribution in [2.75, 3.05) is 0 Å². The van der Waals surface area contributed by atoms with E-state index in [1.165, 1.54) is 0 Å². The van der Waals surface area contributed by atoms with Crippen LogP contribution in [0.15, 0.2) is 18.4 Å². The standard InChI is InChI=1S/C12H19BN2O2/c1-11(2)12(3,4)17-13(16-11)7-6-10-8-14-15(5)9-10/h6-9H,1-5H3/b7-6+. The van der Waals surface area contributed by atoms with Crippen LogP contribution in [0.1, 0.15) is 33.3 Å². The van der Waals surface area contributed by atoms with Crippen LogP contribution >= 0.6 is 0 Å². The highest BCUT2D eigenvalue weighted by atomic mass is 16.7. The highest BCUT2D eigenvalue weighted by Gasteiger charge is 2.49. The van der Waals surface area contributed by atoms with E-state index < -0.39 is 0 Å². The van der Waals surface area contributed by atoms with E-state index in [-0.39, 0.29) is 18.3 Å². The molecular formula is C12H19BN2O2. The van der Waals surface area contributed by atoms with Crippen molar-refractivity contribution in [1.82, 2.24) is 9.78 Å².